The van der Waals surface area contributed by atoms with Crippen LogP contribution in [0.15, 0.2) is 29.3 Å². The molecule has 1 unspecified atom stereocenters. The molecule has 0 saturated heterocycles. The first-order chi connectivity index (χ1) is 9.16. The van der Waals surface area contributed by atoms with Gasteiger partial charge in [0.05, 0.1) is 11.6 Å². The fourth-order valence-corrected chi connectivity index (χ4v) is 3.03. The van der Waals surface area contributed by atoms with E-state index in [1.807, 2.05) is 12.1 Å². The summed E-state index contributed by atoms with van der Waals surface area (Å²) < 4.78 is 2.81. The van der Waals surface area contributed by atoms with Gasteiger partial charge < -0.3 is 9.67 Å². The molecule has 19 heavy (non-hydrogen) atoms. The zero-order chi connectivity index (χ0) is 13.4. The Balaban J connectivity index is 2.07. The molecule has 98 valence electrons. The minimum absolute atomic E-state index is 0.323. The van der Waals surface area contributed by atoms with Crippen LogP contribution in [0.5, 0.6) is 0 Å². The Morgan fingerprint density at radius 2 is 2.16 bits per heavy atom. The monoisotopic (exact) mass is 321 g/mol. The maximum absolute atomic E-state index is 11.2. The Hall–Kier alpha value is -1.69. The standard InChI is InChI=1S/C13H12BrN3O2/c14-13-16-11(8-1-4-15-5-2-8)10-7-9(12(18)19)3-6-17(10)13/h1-2,4-5,9H,3,6-7H2,(H,18,19). The van der Waals surface area contributed by atoms with E-state index in [0.29, 0.717) is 19.4 Å². The normalized spacial score (nSPS) is 18.1. The number of carboxylic acids is 1. The summed E-state index contributed by atoms with van der Waals surface area (Å²) in [6.07, 6.45) is 4.59. The van der Waals surface area contributed by atoms with Crippen molar-refractivity contribution in [1.82, 2.24) is 14.5 Å². The molecule has 2 aromatic rings. The Bertz CT molecular complexity index is 624. The summed E-state index contributed by atoms with van der Waals surface area (Å²) >= 11 is 3.45. The van der Waals surface area contributed by atoms with Gasteiger partial charge in [0, 0.05) is 36.6 Å². The van der Waals surface area contributed by atoms with E-state index < -0.39 is 5.97 Å². The number of hydrogen-bond donors (Lipinski definition) is 1. The number of carboxylic acid groups (broad SMARTS) is 1. The van der Waals surface area contributed by atoms with Gasteiger partial charge >= 0.3 is 5.97 Å². The lowest BCUT2D eigenvalue weighted by Crippen LogP contribution is -2.25. The van der Waals surface area contributed by atoms with Crippen LogP contribution in [0, 0.1) is 5.92 Å². The summed E-state index contributed by atoms with van der Waals surface area (Å²) in [5.41, 5.74) is 2.80. The minimum atomic E-state index is -0.732. The van der Waals surface area contributed by atoms with Gasteiger partial charge in [-0.25, -0.2) is 4.98 Å². The molecule has 6 heteroatoms. The molecule has 0 aliphatic carbocycles. The Morgan fingerprint density at radius 1 is 1.42 bits per heavy atom. The van der Waals surface area contributed by atoms with E-state index in [1.54, 1.807) is 12.4 Å². The number of carbonyl (C=O) groups is 1. The molecule has 1 aliphatic rings. The summed E-state index contributed by atoms with van der Waals surface area (Å²) in [5.74, 6) is -1.05. The number of nitrogens with zero attached hydrogens (tertiary/aromatic N) is 3. The van der Waals surface area contributed by atoms with Crippen molar-refractivity contribution < 1.29 is 9.90 Å². The molecule has 0 radical (unpaired) electrons. The Labute approximate surface area is 118 Å². The number of pyridine rings is 1. The van der Waals surface area contributed by atoms with Crippen LogP contribution >= 0.6 is 15.9 Å². The summed E-state index contributed by atoms with van der Waals surface area (Å²) in [6.45, 7) is 0.685. The summed E-state index contributed by atoms with van der Waals surface area (Å²) in [6, 6.07) is 3.78. The largest absolute Gasteiger partial charge is 0.481 e. The van der Waals surface area contributed by atoms with Gasteiger partial charge in [-0.2, -0.15) is 0 Å². The Kier molecular flexibility index (Phi) is 3.10. The first-order valence-electron chi connectivity index (χ1n) is 6.05. The summed E-state index contributed by atoms with van der Waals surface area (Å²) in [7, 11) is 0. The third-order valence-corrected chi connectivity index (χ3v) is 4.08. The van der Waals surface area contributed by atoms with Crippen molar-refractivity contribution in [2.45, 2.75) is 19.4 Å². The van der Waals surface area contributed by atoms with Crippen molar-refractivity contribution in [2.75, 3.05) is 0 Å². The highest BCUT2D eigenvalue weighted by Gasteiger charge is 2.29. The van der Waals surface area contributed by atoms with E-state index in [1.165, 1.54) is 0 Å². The average molecular weight is 322 g/mol. The average Bonchev–Trinajstić information content (AvgIpc) is 2.77. The second-order valence-electron chi connectivity index (χ2n) is 4.59. The number of hydrogen-bond acceptors (Lipinski definition) is 3. The number of rotatable bonds is 2. The number of aromatic nitrogens is 3. The van der Waals surface area contributed by atoms with Crippen LogP contribution in [0.25, 0.3) is 11.3 Å². The molecule has 1 aliphatic heterocycles. The van der Waals surface area contributed by atoms with Gasteiger partial charge in [-0.1, -0.05) is 0 Å². The van der Waals surface area contributed by atoms with Gasteiger partial charge in [0.1, 0.15) is 0 Å². The van der Waals surface area contributed by atoms with Gasteiger partial charge in [0.15, 0.2) is 4.73 Å². The van der Waals surface area contributed by atoms with Crippen molar-refractivity contribution >= 4 is 21.9 Å². The van der Waals surface area contributed by atoms with E-state index in [-0.39, 0.29) is 5.92 Å². The van der Waals surface area contributed by atoms with Gasteiger partial charge in [0.2, 0.25) is 0 Å². The smallest absolute Gasteiger partial charge is 0.306 e. The van der Waals surface area contributed by atoms with Crippen LogP contribution in [0.3, 0.4) is 0 Å². The van der Waals surface area contributed by atoms with Crippen molar-refractivity contribution in [3.8, 4) is 11.3 Å². The second kappa shape index (κ2) is 4.77. The fraction of sp³-hybridized carbons (Fsp3) is 0.308. The SMILES string of the molecule is O=C(O)C1CCn2c(Br)nc(-c3ccncc3)c2C1. The van der Waals surface area contributed by atoms with Crippen LogP contribution in [0.2, 0.25) is 0 Å². The highest BCUT2D eigenvalue weighted by Crippen LogP contribution is 2.32. The van der Waals surface area contributed by atoms with Crippen LogP contribution in [0.1, 0.15) is 12.1 Å². The predicted molar refractivity (Wildman–Crippen MR) is 72.6 cm³/mol. The van der Waals surface area contributed by atoms with Gasteiger partial charge in [0.25, 0.3) is 0 Å². The van der Waals surface area contributed by atoms with Crippen molar-refractivity contribution in [1.29, 1.82) is 0 Å². The zero-order valence-electron chi connectivity index (χ0n) is 10.1. The molecule has 0 saturated carbocycles. The van der Waals surface area contributed by atoms with Crippen molar-refractivity contribution in [3.05, 3.63) is 35.0 Å². The molecule has 1 atom stereocenters. The number of halogens is 1. The summed E-state index contributed by atoms with van der Waals surface area (Å²) in [4.78, 5) is 19.7. The predicted octanol–water partition coefficient (Wildman–Crippen LogP) is 2.35. The Morgan fingerprint density at radius 3 is 2.84 bits per heavy atom. The van der Waals surface area contributed by atoms with Crippen molar-refractivity contribution in [3.63, 3.8) is 0 Å². The second-order valence-corrected chi connectivity index (χ2v) is 5.30. The van der Waals surface area contributed by atoms with Crippen LogP contribution in [-0.2, 0) is 17.8 Å². The maximum Gasteiger partial charge on any atom is 0.306 e. The lowest BCUT2D eigenvalue weighted by atomic mass is 9.94. The molecule has 0 aromatic carbocycles. The topological polar surface area (TPSA) is 68.0 Å². The molecule has 0 fully saturated rings. The molecule has 0 bridgehead atoms. The van der Waals surface area contributed by atoms with E-state index in [0.717, 1.165) is 21.7 Å². The molecular formula is C13H12BrN3O2. The highest BCUT2D eigenvalue weighted by atomic mass is 79.9. The first-order valence-corrected chi connectivity index (χ1v) is 6.84. The quantitative estimate of drug-likeness (QED) is 0.922. The van der Waals surface area contributed by atoms with E-state index >= 15 is 0 Å². The van der Waals surface area contributed by atoms with Gasteiger partial charge in [-0.3, -0.25) is 9.78 Å². The van der Waals surface area contributed by atoms with Crippen LogP contribution < -0.4 is 0 Å². The maximum atomic E-state index is 11.2. The third kappa shape index (κ3) is 2.16. The number of aliphatic carboxylic acids is 1. The zero-order valence-corrected chi connectivity index (χ0v) is 11.7. The lowest BCUT2D eigenvalue weighted by molar-refractivity contribution is -0.142. The minimum Gasteiger partial charge on any atom is -0.481 e. The van der Waals surface area contributed by atoms with Crippen molar-refractivity contribution in [2.24, 2.45) is 5.92 Å². The van der Waals surface area contributed by atoms with Crippen LogP contribution in [0.4, 0.5) is 0 Å². The fourth-order valence-electron chi connectivity index (χ4n) is 2.46. The molecule has 3 heterocycles. The van der Waals surface area contributed by atoms with E-state index in [9.17, 15) is 9.90 Å². The lowest BCUT2D eigenvalue weighted by Gasteiger charge is -2.21. The molecule has 5 nitrogen and oxygen atoms in total. The molecule has 1 N–H and O–H groups in total. The number of fused-ring (bicyclic) bond motifs is 1. The number of imidazole rings is 1. The van der Waals surface area contributed by atoms with Gasteiger partial charge in [-0.15, -0.1) is 0 Å². The van der Waals surface area contributed by atoms with E-state index in [4.69, 9.17) is 0 Å². The van der Waals surface area contributed by atoms with E-state index in [2.05, 4.69) is 30.5 Å². The molecule has 0 spiro atoms. The molecular weight excluding hydrogens is 310 g/mol. The highest BCUT2D eigenvalue weighted by molar-refractivity contribution is 9.10. The molecule has 3 rings (SSSR count). The molecule has 0 amide bonds. The first kappa shape index (κ1) is 12.3. The molecule has 2 aromatic heterocycles. The summed E-state index contributed by atoms with van der Waals surface area (Å²) in [5, 5.41) is 9.18. The van der Waals surface area contributed by atoms with Crippen LogP contribution in [-0.4, -0.2) is 25.6 Å². The third-order valence-electron chi connectivity index (χ3n) is 3.47. The van der Waals surface area contributed by atoms with Gasteiger partial charge in [-0.05, 0) is 34.5 Å².